The smallest absolute Gasteiger partial charge is 0.191 e. The number of benzene rings is 2. The van der Waals surface area contributed by atoms with Crippen LogP contribution in [0.4, 0.5) is 0 Å². The van der Waals surface area contributed by atoms with Crippen LogP contribution in [0.3, 0.4) is 0 Å². The van der Waals surface area contributed by atoms with E-state index < -0.39 is 0 Å². The second-order valence-electron chi connectivity index (χ2n) is 7.30. The topological polar surface area (TPSA) is 72.7 Å². The highest BCUT2D eigenvalue weighted by atomic mass is 16.5. The molecule has 2 N–H and O–H groups in total. The summed E-state index contributed by atoms with van der Waals surface area (Å²) >= 11 is 0. The lowest BCUT2D eigenvalue weighted by Crippen LogP contribution is -2.39. The molecule has 3 aromatic rings. The molecule has 170 valence electrons. The van der Waals surface area contributed by atoms with Gasteiger partial charge in [-0.15, -0.1) is 0 Å². The summed E-state index contributed by atoms with van der Waals surface area (Å²) in [6.07, 6.45) is 5.77. The minimum absolute atomic E-state index is 0.594. The fraction of sp³-hybridized carbons (Fsp3) is 0.360. The molecule has 0 radical (unpaired) electrons. The number of methoxy groups -OCH3 is 1. The van der Waals surface area contributed by atoms with Crippen molar-refractivity contribution < 1.29 is 9.47 Å². The van der Waals surface area contributed by atoms with Crippen LogP contribution in [0.2, 0.25) is 0 Å². The van der Waals surface area contributed by atoms with E-state index in [2.05, 4.69) is 21.9 Å². The van der Waals surface area contributed by atoms with Crippen molar-refractivity contribution in [3.8, 4) is 11.4 Å². The third-order valence-corrected chi connectivity index (χ3v) is 4.90. The van der Waals surface area contributed by atoms with Crippen LogP contribution in [0.1, 0.15) is 24.5 Å². The Bertz CT molecular complexity index is 938. The fourth-order valence-corrected chi connectivity index (χ4v) is 3.14. The minimum Gasteiger partial charge on any atom is -0.497 e. The average molecular weight is 436 g/mol. The molecule has 0 saturated carbocycles. The number of nitrogens with one attached hydrogen (secondary N) is 2. The number of para-hydroxylation sites is 1. The Morgan fingerprint density at radius 3 is 2.53 bits per heavy atom. The van der Waals surface area contributed by atoms with E-state index in [9.17, 15) is 0 Å². The van der Waals surface area contributed by atoms with Gasteiger partial charge in [0, 0.05) is 32.5 Å². The van der Waals surface area contributed by atoms with Gasteiger partial charge in [0.2, 0.25) is 0 Å². The Morgan fingerprint density at radius 2 is 1.78 bits per heavy atom. The summed E-state index contributed by atoms with van der Waals surface area (Å²) in [5.74, 6) is 1.65. The van der Waals surface area contributed by atoms with Gasteiger partial charge in [0.05, 0.1) is 25.5 Å². The molecule has 3 rings (SSSR count). The molecule has 0 amide bonds. The second kappa shape index (κ2) is 13.2. The highest BCUT2D eigenvalue weighted by Gasteiger charge is 2.03. The molecule has 0 atom stereocenters. The molecule has 7 nitrogen and oxygen atoms in total. The highest BCUT2D eigenvalue weighted by Crippen LogP contribution is 2.12. The van der Waals surface area contributed by atoms with Gasteiger partial charge in [0.15, 0.2) is 5.96 Å². The number of hydrogen-bond donors (Lipinski definition) is 2. The molecule has 0 saturated heterocycles. The van der Waals surface area contributed by atoms with Gasteiger partial charge in [-0.05, 0) is 55.2 Å². The number of nitrogens with zero attached hydrogens (tertiary/aromatic N) is 3. The van der Waals surface area contributed by atoms with E-state index in [0.717, 1.165) is 62.1 Å². The first kappa shape index (κ1) is 23.3. The lowest BCUT2D eigenvalue weighted by molar-refractivity contribution is 0.145. The molecule has 0 aliphatic heterocycles. The number of rotatable bonds is 12. The second-order valence-corrected chi connectivity index (χ2v) is 7.30. The van der Waals surface area contributed by atoms with E-state index in [1.54, 1.807) is 7.11 Å². The zero-order chi connectivity index (χ0) is 22.4. The maximum atomic E-state index is 5.42. The number of aromatic nitrogens is 2. The molecule has 7 heteroatoms. The van der Waals surface area contributed by atoms with Crippen molar-refractivity contribution in [3.63, 3.8) is 0 Å². The number of aliphatic imine (C=N–C) groups is 1. The Balaban J connectivity index is 1.53. The maximum absolute atomic E-state index is 5.42. The van der Waals surface area contributed by atoms with Crippen LogP contribution in [0.25, 0.3) is 5.69 Å². The summed E-state index contributed by atoms with van der Waals surface area (Å²) in [5.41, 5.74) is 3.36. The molecule has 0 spiro atoms. The standard InChI is InChI=1S/C25H33N5O2/c1-3-32-17-7-15-26-25(28-18-21-10-12-24(31-2)13-11-21)27-16-14-22-19-29-30(20-22)23-8-5-4-6-9-23/h4-6,8-13,19-20H,3,7,14-18H2,1-2H3,(H2,26,27,28). The van der Waals surface area contributed by atoms with Crippen molar-refractivity contribution in [1.29, 1.82) is 0 Å². The molecule has 0 bridgehead atoms. The quantitative estimate of drug-likeness (QED) is 0.258. The van der Waals surface area contributed by atoms with Crippen LogP contribution in [0.5, 0.6) is 5.75 Å². The van der Waals surface area contributed by atoms with E-state index in [4.69, 9.17) is 14.5 Å². The molecule has 0 unspecified atom stereocenters. The molecule has 32 heavy (non-hydrogen) atoms. The molecular formula is C25H33N5O2. The van der Waals surface area contributed by atoms with Crippen molar-refractivity contribution in [3.05, 3.63) is 78.1 Å². The highest BCUT2D eigenvalue weighted by molar-refractivity contribution is 5.79. The van der Waals surface area contributed by atoms with Gasteiger partial charge >= 0.3 is 0 Å². The monoisotopic (exact) mass is 435 g/mol. The Labute approximate surface area is 190 Å². The van der Waals surface area contributed by atoms with Gasteiger partial charge in [0.25, 0.3) is 0 Å². The molecule has 2 aromatic carbocycles. The Hall–Kier alpha value is -3.32. The summed E-state index contributed by atoms with van der Waals surface area (Å²) in [7, 11) is 1.67. The molecule has 1 heterocycles. The summed E-state index contributed by atoms with van der Waals surface area (Å²) in [6, 6.07) is 18.1. The van der Waals surface area contributed by atoms with E-state index >= 15 is 0 Å². The van der Waals surface area contributed by atoms with Crippen molar-refractivity contribution >= 4 is 5.96 Å². The van der Waals surface area contributed by atoms with Crippen LogP contribution in [0.15, 0.2) is 72.0 Å². The van der Waals surface area contributed by atoms with Crippen LogP contribution < -0.4 is 15.4 Å². The average Bonchev–Trinajstić information content (AvgIpc) is 3.32. The molecule has 1 aromatic heterocycles. The van der Waals surface area contributed by atoms with E-state index in [1.165, 1.54) is 5.56 Å². The van der Waals surface area contributed by atoms with E-state index in [-0.39, 0.29) is 0 Å². The maximum Gasteiger partial charge on any atom is 0.191 e. The van der Waals surface area contributed by atoms with Crippen LogP contribution >= 0.6 is 0 Å². The first-order valence-electron chi connectivity index (χ1n) is 11.1. The SMILES string of the molecule is CCOCCCNC(=NCc1ccc(OC)cc1)NCCc1cnn(-c2ccccc2)c1. The van der Waals surface area contributed by atoms with Crippen molar-refractivity contribution in [2.75, 3.05) is 33.4 Å². The molecule has 0 fully saturated rings. The molecule has 0 aliphatic carbocycles. The third-order valence-electron chi connectivity index (χ3n) is 4.90. The van der Waals surface area contributed by atoms with Crippen molar-refractivity contribution in [2.45, 2.75) is 26.3 Å². The largest absolute Gasteiger partial charge is 0.497 e. The van der Waals surface area contributed by atoms with Gasteiger partial charge in [-0.3, -0.25) is 0 Å². The van der Waals surface area contributed by atoms with Crippen molar-refractivity contribution in [1.82, 2.24) is 20.4 Å². The van der Waals surface area contributed by atoms with Gasteiger partial charge in [-0.25, -0.2) is 9.67 Å². The predicted octanol–water partition coefficient (Wildman–Crippen LogP) is 3.59. The first-order chi connectivity index (χ1) is 15.8. The van der Waals surface area contributed by atoms with Crippen LogP contribution in [-0.4, -0.2) is 49.2 Å². The lowest BCUT2D eigenvalue weighted by Gasteiger charge is -2.12. The van der Waals surface area contributed by atoms with Gasteiger partial charge in [-0.1, -0.05) is 30.3 Å². The van der Waals surface area contributed by atoms with E-state index in [1.807, 2.05) is 72.4 Å². The van der Waals surface area contributed by atoms with Gasteiger partial charge < -0.3 is 20.1 Å². The number of guanidine groups is 1. The Morgan fingerprint density at radius 1 is 1.00 bits per heavy atom. The first-order valence-corrected chi connectivity index (χ1v) is 11.1. The fourth-order valence-electron chi connectivity index (χ4n) is 3.14. The van der Waals surface area contributed by atoms with Crippen LogP contribution in [0, 0.1) is 0 Å². The summed E-state index contributed by atoms with van der Waals surface area (Å²) in [6.45, 7) is 5.66. The van der Waals surface area contributed by atoms with Gasteiger partial charge in [-0.2, -0.15) is 5.10 Å². The third kappa shape index (κ3) is 7.74. The van der Waals surface area contributed by atoms with E-state index in [0.29, 0.717) is 6.54 Å². The van der Waals surface area contributed by atoms with Crippen LogP contribution in [-0.2, 0) is 17.7 Å². The predicted molar refractivity (Wildman–Crippen MR) is 129 cm³/mol. The minimum atomic E-state index is 0.594. The summed E-state index contributed by atoms with van der Waals surface area (Å²) in [5, 5.41) is 11.3. The lowest BCUT2D eigenvalue weighted by atomic mass is 10.2. The zero-order valence-electron chi connectivity index (χ0n) is 19.0. The Kier molecular flexibility index (Phi) is 9.61. The number of ether oxygens (including phenoxy) is 2. The summed E-state index contributed by atoms with van der Waals surface area (Å²) in [4.78, 5) is 4.74. The van der Waals surface area contributed by atoms with Gasteiger partial charge in [0.1, 0.15) is 5.75 Å². The molecular weight excluding hydrogens is 402 g/mol. The van der Waals surface area contributed by atoms with Crippen molar-refractivity contribution in [2.24, 2.45) is 4.99 Å². The zero-order valence-corrected chi connectivity index (χ0v) is 19.0. The molecule has 0 aliphatic rings. The normalized spacial score (nSPS) is 11.4. The summed E-state index contributed by atoms with van der Waals surface area (Å²) < 4.78 is 12.6. The number of hydrogen-bond acceptors (Lipinski definition) is 4.